The number of nitro groups is 1. The number of rotatable bonds is 5. The average Bonchev–Trinajstić information content (AvgIpc) is 2.36. The molecule has 1 aromatic rings. The van der Waals surface area contributed by atoms with Gasteiger partial charge >= 0.3 is 0 Å². The second kappa shape index (κ2) is 5.74. The van der Waals surface area contributed by atoms with Crippen LogP contribution in [0.2, 0.25) is 0 Å². The SMILES string of the molecule is CSC(C)(C)CNc1ccc([N+](=O)[O-])cc1C#N. The monoisotopic (exact) mass is 265 g/mol. The highest BCUT2D eigenvalue weighted by atomic mass is 32.2. The molecule has 0 spiro atoms. The zero-order valence-corrected chi connectivity index (χ0v) is 11.4. The maximum atomic E-state index is 10.6. The average molecular weight is 265 g/mol. The van der Waals surface area contributed by atoms with E-state index in [0.29, 0.717) is 17.8 Å². The number of nitrogens with zero attached hydrogens (tertiary/aromatic N) is 2. The number of thioether (sulfide) groups is 1. The topological polar surface area (TPSA) is 79.0 Å². The second-order valence-electron chi connectivity index (χ2n) is 4.42. The zero-order chi connectivity index (χ0) is 13.8. The molecular formula is C12H15N3O2S. The van der Waals surface area contributed by atoms with Crippen molar-refractivity contribution in [2.24, 2.45) is 0 Å². The van der Waals surface area contributed by atoms with Crippen molar-refractivity contribution in [2.75, 3.05) is 18.1 Å². The number of hydrogen-bond donors (Lipinski definition) is 1. The smallest absolute Gasteiger partial charge is 0.270 e. The van der Waals surface area contributed by atoms with Crippen LogP contribution in [0.3, 0.4) is 0 Å². The molecule has 0 saturated carbocycles. The van der Waals surface area contributed by atoms with E-state index in [0.717, 1.165) is 0 Å². The van der Waals surface area contributed by atoms with Gasteiger partial charge in [0, 0.05) is 23.4 Å². The van der Waals surface area contributed by atoms with E-state index in [1.54, 1.807) is 17.8 Å². The van der Waals surface area contributed by atoms with Crippen molar-refractivity contribution in [1.82, 2.24) is 0 Å². The van der Waals surface area contributed by atoms with E-state index in [1.165, 1.54) is 12.1 Å². The fourth-order valence-electron chi connectivity index (χ4n) is 1.27. The van der Waals surface area contributed by atoms with Gasteiger partial charge in [-0.1, -0.05) is 0 Å². The van der Waals surface area contributed by atoms with Crippen LogP contribution in [-0.2, 0) is 0 Å². The molecule has 96 valence electrons. The molecule has 0 unspecified atom stereocenters. The Labute approximate surface area is 110 Å². The molecule has 6 heteroatoms. The fraction of sp³-hybridized carbons (Fsp3) is 0.417. The molecule has 0 fully saturated rings. The van der Waals surface area contributed by atoms with Crippen LogP contribution >= 0.6 is 11.8 Å². The molecule has 0 radical (unpaired) electrons. The highest BCUT2D eigenvalue weighted by molar-refractivity contribution is 7.99. The van der Waals surface area contributed by atoms with E-state index >= 15 is 0 Å². The highest BCUT2D eigenvalue weighted by Gasteiger charge is 2.17. The maximum absolute atomic E-state index is 10.6. The minimum Gasteiger partial charge on any atom is -0.383 e. The first kappa shape index (κ1) is 14.3. The van der Waals surface area contributed by atoms with E-state index in [4.69, 9.17) is 5.26 Å². The molecule has 0 amide bonds. The Morgan fingerprint density at radius 3 is 2.72 bits per heavy atom. The molecule has 0 aromatic heterocycles. The van der Waals surface area contributed by atoms with Gasteiger partial charge in [0.2, 0.25) is 0 Å². The summed E-state index contributed by atoms with van der Waals surface area (Å²) in [6.07, 6.45) is 2.02. The quantitative estimate of drug-likeness (QED) is 0.654. The van der Waals surface area contributed by atoms with Crippen molar-refractivity contribution in [3.8, 4) is 6.07 Å². The van der Waals surface area contributed by atoms with Crippen molar-refractivity contribution in [2.45, 2.75) is 18.6 Å². The van der Waals surface area contributed by atoms with Crippen LogP contribution in [0, 0.1) is 21.4 Å². The number of nitro benzene ring substituents is 1. The van der Waals surface area contributed by atoms with Crippen LogP contribution in [0.25, 0.3) is 0 Å². The molecule has 0 atom stereocenters. The van der Waals surface area contributed by atoms with Gasteiger partial charge in [0.25, 0.3) is 5.69 Å². The Kier molecular flexibility index (Phi) is 4.56. The van der Waals surface area contributed by atoms with Gasteiger partial charge in [-0.05, 0) is 26.2 Å². The largest absolute Gasteiger partial charge is 0.383 e. The maximum Gasteiger partial charge on any atom is 0.270 e. The molecule has 0 aliphatic carbocycles. The zero-order valence-electron chi connectivity index (χ0n) is 10.6. The van der Waals surface area contributed by atoms with E-state index in [9.17, 15) is 10.1 Å². The van der Waals surface area contributed by atoms with Crippen LogP contribution < -0.4 is 5.32 Å². The number of anilines is 1. The predicted molar refractivity (Wildman–Crippen MR) is 73.9 cm³/mol. The van der Waals surface area contributed by atoms with Crippen LogP contribution in [0.15, 0.2) is 18.2 Å². The van der Waals surface area contributed by atoms with Gasteiger partial charge in [-0.15, -0.1) is 0 Å². The molecule has 5 nitrogen and oxygen atoms in total. The predicted octanol–water partition coefficient (Wildman–Crippen LogP) is 3.02. The molecule has 0 bridgehead atoms. The summed E-state index contributed by atoms with van der Waals surface area (Å²) in [4.78, 5) is 10.1. The first-order chi connectivity index (χ1) is 8.39. The van der Waals surface area contributed by atoms with Crippen molar-refractivity contribution >= 4 is 23.1 Å². The Morgan fingerprint density at radius 2 is 2.22 bits per heavy atom. The summed E-state index contributed by atoms with van der Waals surface area (Å²) in [7, 11) is 0. The Bertz CT molecular complexity index is 495. The van der Waals surface area contributed by atoms with Crippen LogP contribution in [0.4, 0.5) is 11.4 Å². The summed E-state index contributed by atoms with van der Waals surface area (Å²) < 4.78 is 0.0362. The van der Waals surface area contributed by atoms with Gasteiger partial charge in [-0.2, -0.15) is 17.0 Å². The molecule has 1 N–H and O–H groups in total. The standard InChI is InChI=1S/C12H15N3O2S/c1-12(2,18-3)8-14-11-5-4-10(15(16)17)6-9(11)7-13/h4-6,14H,8H2,1-3H3. The number of hydrogen-bond acceptors (Lipinski definition) is 5. The minimum absolute atomic E-state index is 0.0362. The van der Waals surface area contributed by atoms with Crippen molar-refractivity contribution in [3.05, 3.63) is 33.9 Å². The third-order valence-electron chi connectivity index (χ3n) is 2.59. The fourth-order valence-corrected chi connectivity index (χ4v) is 1.49. The summed E-state index contributed by atoms with van der Waals surface area (Å²) in [5, 5.41) is 22.8. The van der Waals surface area contributed by atoms with Gasteiger partial charge in [0.05, 0.1) is 16.2 Å². The highest BCUT2D eigenvalue weighted by Crippen LogP contribution is 2.25. The first-order valence-electron chi connectivity index (χ1n) is 5.37. The molecule has 0 aliphatic rings. The lowest BCUT2D eigenvalue weighted by Crippen LogP contribution is -2.26. The summed E-state index contributed by atoms with van der Waals surface area (Å²) in [6, 6.07) is 6.23. The molecule has 0 aliphatic heterocycles. The van der Waals surface area contributed by atoms with Gasteiger partial charge in [0.15, 0.2) is 0 Å². The Balaban J connectivity index is 2.91. The molecular weight excluding hydrogens is 250 g/mol. The minimum atomic E-state index is -0.504. The third-order valence-corrected chi connectivity index (χ3v) is 3.84. The number of non-ortho nitro benzene ring substituents is 1. The molecule has 1 aromatic carbocycles. The summed E-state index contributed by atoms with van der Waals surface area (Å²) in [6.45, 7) is 4.85. The number of benzene rings is 1. The Morgan fingerprint density at radius 1 is 1.56 bits per heavy atom. The number of nitrogens with one attached hydrogen (secondary N) is 1. The van der Waals surface area contributed by atoms with Crippen LogP contribution in [0.1, 0.15) is 19.4 Å². The Hall–Kier alpha value is -1.74. The van der Waals surface area contributed by atoms with Crippen molar-refractivity contribution < 1.29 is 4.92 Å². The normalized spacial score (nSPS) is 10.8. The van der Waals surface area contributed by atoms with Crippen LogP contribution in [0.5, 0.6) is 0 Å². The van der Waals surface area contributed by atoms with E-state index < -0.39 is 4.92 Å². The lowest BCUT2D eigenvalue weighted by atomic mass is 10.1. The molecule has 0 saturated heterocycles. The van der Waals surface area contributed by atoms with Gasteiger partial charge in [0.1, 0.15) is 6.07 Å². The molecule has 0 heterocycles. The lowest BCUT2D eigenvalue weighted by molar-refractivity contribution is -0.384. The second-order valence-corrected chi connectivity index (χ2v) is 5.93. The molecule has 1 rings (SSSR count). The van der Waals surface area contributed by atoms with Crippen molar-refractivity contribution in [1.29, 1.82) is 5.26 Å². The van der Waals surface area contributed by atoms with Crippen LogP contribution in [-0.4, -0.2) is 22.5 Å². The summed E-state index contributed by atoms with van der Waals surface area (Å²) in [5.74, 6) is 0. The van der Waals surface area contributed by atoms with Gasteiger partial charge < -0.3 is 5.32 Å². The van der Waals surface area contributed by atoms with E-state index in [2.05, 4.69) is 19.2 Å². The van der Waals surface area contributed by atoms with E-state index in [1.807, 2.05) is 12.3 Å². The summed E-state index contributed by atoms with van der Waals surface area (Å²) >= 11 is 1.71. The van der Waals surface area contributed by atoms with Gasteiger partial charge in [-0.3, -0.25) is 10.1 Å². The number of nitriles is 1. The first-order valence-corrected chi connectivity index (χ1v) is 6.59. The third kappa shape index (κ3) is 3.64. The van der Waals surface area contributed by atoms with Gasteiger partial charge in [-0.25, -0.2) is 0 Å². The lowest BCUT2D eigenvalue weighted by Gasteiger charge is -2.23. The molecule has 18 heavy (non-hydrogen) atoms. The van der Waals surface area contributed by atoms with Crippen molar-refractivity contribution in [3.63, 3.8) is 0 Å². The summed E-state index contributed by atoms with van der Waals surface area (Å²) in [5.41, 5.74) is 0.854. The van der Waals surface area contributed by atoms with E-state index in [-0.39, 0.29) is 10.4 Å².